The maximum atomic E-state index is 13.1. The van der Waals surface area contributed by atoms with Crippen LogP contribution in [0.1, 0.15) is 39.0 Å². The Labute approximate surface area is 170 Å². The van der Waals surface area contributed by atoms with Gasteiger partial charge in [-0.3, -0.25) is 14.4 Å². The van der Waals surface area contributed by atoms with Gasteiger partial charge in [0.05, 0.1) is 11.3 Å². The van der Waals surface area contributed by atoms with Crippen molar-refractivity contribution in [3.63, 3.8) is 0 Å². The number of hydrogen-bond donors (Lipinski definition) is 3. The van der Waals surface area contributed by atoms with Crippen LogP contribution >= 0.6 is 0 Å². The van der Waals surface area contributed by atoms with Crippen molar-refractivity contribution in [2.45, 2.75) is 56.0 Å². The van der Waals surface area contributed by atoms with E-state index in [1.165, 1.54) is 31.2 Å². The number of nitrogens with one attached hydrogen (secondary N) is 3. The van der Waals surface area contributed by atoms with Crippen LogP contribution in [0.4, 0.5) is 5.69 Å². The van der Waals surface area contributed by atoms with E-state index >= 15 is 0 Å². The van der Waals surface area contributed by atoms with Gasteiger partial charge >= 0.3 is 0 Å². The van der Waals surface area contributed by atoms with Gasteiger partial charge in [-0.1, -0.05) is 12.8 Å². The smallest absolute Gasteiger partial charge is 0.243 e. The summed E-state index contributed by atoms with van der Waals surface area (Å²) in [6.45, 7) is 1.63. The van der Waals surface area contributed by atoms with Crippen LogP contribution in [-0.4, -0.2) is 55.6 Å². The predicted octanol–water partition coefficient (Wildman–Crippen LogP) is 0.583. The van der Waals surface area contributed by atoms with Gasteiger partial charge in [0.25, 0.3) is 0 Å². The molecule has 1 saturated heterocycles. The van der Waals surface area contributed by atoms with Crippen molar-refractivity contribution < 1.29 is 22.8 Å². The van der Waals surface area contributed by atoms with Crippen LogP contribution in [0.25, 0.3) is 0 Å². The number of rotatable bonds is 6. The summed E-state index contributed by atoms with van der Waals surface area (Å²) < 4.78 is 27.3. The number of amides is 3. The van der Waals surface area contributed by atoms with Gasteiger partial charge in [0.1, 0.15) is 6.04 Å². The molecule has 1 heterocycles. The first-order valence-corrected chi connectivity index (χ1v) is 11.2. The molecule has 1 unspecified atom stereocenters. The maximum Gasteiger partial charge on any atom is 0.243 e. The van der Waals surface area contributed by atoms with E-state index in [0.717, 1.165) is 30.0 Å². The third-order valence-corrected chi connectivity index (χ3v) is 7.08. The average Bonchev–Trinajstić information content (AvgIpc) is 3.16. The lowest BCUT2D eigenvalue weighted by atomic mass is 10.1. The van der Waals surface area contributed by atoms with Crippen molar-refractivity contribution in [1.82, 2.24) is 14.9 Å². The Hall–Kier alpha value is -2.46. The standard InChI is InChI=1S/C19H26N4O5S/c1-13(24)21-15-6-8-16(9-7-15)29(27,28)23-11-10-20-19(26)17(23)12-18(25)22-14-4-2-3-5-14/h6-9,14,17H,2-5,10-12H2,1H3,(H,20,26)(H,21,24)(H,22,25). The second-order valence-electron chi connectivity index (χ2n) is 7.38. The second kappa shape index (κ2) is 8.91. The fourth-order valence-electron chi connectivity index (χ4n) is 3.76. The molecule has 2 fully saturated rings. The second-order valence-corrected chi connectivity index (χ2v) is 9.27. The molecule has 0 spiro atoms. The van der Waals surface area contributed by atoms with E-state index < -0.39 is 22.0 Å². The van der Waals surface area contributed by atoms with Crippen molar-refractivity contribution in [1.29, 1.82) is 0 Å². The third kappa shape index (κ3) is 5.13. The highest BCUT2D eigenvalue weighted by atomic mass is 32.2. The summed E-state index contributed by atoms with van der Waals surface area (Å²) in [6, 6.07) is 4.73. The number of benzene rings is 1. The van der Waals surface area contributed by atoms with Crippen molar-refractivity contribution in [2.24, 2.45) is 0 Å². The molecule has 0 bridgehead atoms. The molecule has 1 aromatic carbocycles. The molecule has 2 aliphatic rings. The van der Waals surface area contributed by atoms with Crippen molar-refractivity contribution >= 4 is 33.4 Å². The minimum atomic E-state index is -3.98. The summed E-state index contributed by atoms with van der Waals surface area (Å²) in [6.07, 6.45) is 3.72. The molecule has 10 heteroatoms. The molecule has 0 radical (unpaired) electrons. The van der Waals surface area contributed by atoms with Gasteiger partial charge < -0.3 is 16.0 Å². The van der Waals surface area contributed by atoms with Gasteiger partial charge in [-0.25, -0.2) is 8.42 Å². The normalized spacial score (nSPS) is 20.9. The molecule has 1 aliphatic heterocycles. The zero-order valence-corrected chi connectivity index (χ0v) is 17.1. The third-order valence-electron chi connectivity index (χ3n) is 5.16. The minimum Gasteiger partial charge on any atom is -0.353 e. The number of carbonyl (C=O) groups excluding carboxylic acids is 3. The van der Waals surface area contributed by atoms with Crippen LogP contribution < -0.4 is 16.0 Å². The van der Waals surface area contributed by atoms with Crippen molar-refractivity contribution in [2.75, 3.05) is 18.4 Å². The molecule has 3 amide bonds. The summed E-state index contributed by atoms with van der Waals surface area (Å²) in [5.74, 6) is -1.06. The lowest BCUT2D eigenvalue weighted by Crippen LogP contribution is -2.58. The SMILES string of the molecule is CC(=O)Nc1ccc(S(=O)(=O)N2CCNC(=O)C2CC(=O)NC2CCCC2)cc1. The molecule has 0 aromatic heterocycles. The molecule has 9 nitrogen and oxygen atoms in total. The lowest BCUT2D eigenvalue weighted by molar-refractivity contribution is -0.131. The molecular weight excluding hydrogens is 396 g/mol. The Morgan fingerprint density at radius 3 is 2.45 bits per heavy atom. The Kier molecular flexibility index (Phi) is 6.53. The highest BCUT2D eigenvalue weighted by molar-refractivity contribution is 7.89. The number of sulfonamides is 1. The van der Waals surface area contributed by atoms with Crippen LogP contribution in [0.3, 0.4) is 0 Å². The highest BCUT2D eigenvalue weighted by Crippen LogP contribution is 2.24. The summed E-state index contributed by atoms with van der Waals surface area (Å²) in [5, 5.41) is 8.12. The zero-order chi connectivity index (χ0) is 21.0. The fourth-order valence-corrected chi connectivity index (χ4v) is 5.34. The van der Waals surface area contributed by atoms with E-state index in [0.29, 0.717) is 5.69 Å². The van der Waals surface area contributed by atoms with Gasteiger partial charge in [-0.05, 0) is 37.1 Å². The summed E-state index contributed by atoms with van der Waals surface area (Å²) in [5.41, 5.74) is 0.473. The molecule has 3 N–H and O–H groups in total. The van der Waals surface area contributed by atoms with Crippen LogP contribution in [0.15, 0.2) is 29.2 Å². The molecule has 158 valence electrons. The van der Waals surface area contributed by atoms with Crippen molar-refractivity contribution in [3.05, 3.63) is 24.3 Å². The van der Waals surface area contributed by atoms with E-state index in [1.54, 1.807) is 0 Å². The van der Waals surface area contributed by atoms with Crippen LogP contribution in [0.5, 0.6) is 0 Å². The fraction of sp³-hybridized carbons (Fsp3) is 0.526. The molecule has 29 heavy (non-hydrogen) atoms. The number of anilines is 1. The quantitative estimate of drug-likeness (QED) is 0.619. The highest BCUT2D eigenvalue weighted by Gasteiger charge is 2.39. The molecule has 1 saturated carbocycles. The van der Waals surface area contributed by atoms with Gasteiger partial charge in [0.15, 0.2) is 0 Å². The minimum absolute atomic E-state index is 0.00232. The van der Waals surface area contributed by atoms with Crippen LogP contribution in [0, 0.1) is 0 Å². The number of hydrogen-bond acceptors (Lipinski definition) is 5. The molecular formula is C19H26N4O5S. The monoisotopic (exact) mass is 422 g/mol. The van der Waals surface area contributed by atoms with Gasteiger partial charge in [-0.15, -0.1) is 0 Å². The molecule has 3 rings (SSSR count). The van der Waals surface area contributed by atoms with E-state index in [4.69, 9.17) is 0 Å². The van der Waals surface area contributed by atoms with Crippen LogP contribution in [-0.2, 0) is 24.4 Å². The Balaban J connectivity index is 1.76. The van der Waals surface area contributed by atoms with Gasteiger partial charge in [-0.2, -0.15) is 4.31 Å². The largest absolute Gasteiger partial charge is 0.353 e. The summed E-state index contributed by atoms with van der Waals surface area (Å²) in [7, 11) is -3.98. The van der Waals surface area contributed by atoms with E-state index in [2.05, 4.69) is 16.0 Å². The van der Waals surface area contributed by atoms with Crippen LogP contribution in [0.2, 0.25) is 0 Å². The Morgan fingerprint density at radius 2 is 1.83 bits per heavy atom. The number of piperazine rings is 1. The zero-order valence-electron chi connectivity index (χ0n) is 16.3. The number of nitrogens with zero attached hydrogens (tertiary/aromatic N) is 1. The van der Waals surface area contributed by atoms with E-state index in [1.807, 2.05) is 0 Å². The van der Waals surface area contributed by atoms with Crippen molar-refractivity contribution in [3.8, 4) is 0 Å². The van der Waals surface area contributed by atoms with Gasteiger partial charge in [0, 0.05) is 31.7 Å². The average molecular weight is 423 g/mol. The molecule has 1 aliphatic carbocycles. The topological polar surface area (TPSA) is 125 Å². The number of carbonyl (C=O) groups is 3. The Bertz CT molecular complexity index is 878. The summed E-state index contributed by atoms with van der Waals surface area (Å²) >= 11 is 0. The van der Waals surface area contributed by atoms with E-state index in [9.17, 15) is 22.8 Å². The maximum absolute atomic E-state index is 13.1. The summed E-state index contributed by atoms with van der Waals surface area (Å²) in [4.78, 5) is 35.9. The lowest BCUT2D eigenvalue weighted by Gasteiger charge is -2.34. The molecule has 1 aromatic rings. The Morgan fingerprint density at radius 1 is 1.17 bits per heavy atom. The molecule has 1 atom stereocenters. The van der Waals surface area contributed by atoms with Gasteiger partial charge in [0.2, 0.25) is 27.7 Å². The first-order valence-electron chi connectivity index (χ1n) is 9.74. The predicted molar refractivity (Wildman–Crippen MR) is 106 cm³/mol. The first kappa shape index (κ1) is 21.3. The first-order chi connectivity index (χ1) is 13.8. The van der Waals surface area contributed by atoms with E-state index in [-0.39, 0.29) is 42.3 Å².